The lowest BCUT2D eigenvalue weighted by atomic mass is 9.97. The number of ether oxygens (including phenoxy) is 6. The highest BCUT2D eigenvalue weighted by molar-refractivity contribution is 5.68. The molecule has 9 nitrogen and oxygen atoms in total. The van der Waals surface area contributed by atoms with E-state index in [4.69, 9.17) is 28.4 Å². The van der Waals surface area contributed by atoms with Gasteiger partial charge in [-0.05, 0) is 0 Å². The van der Waals surface area contributed by atoms with Crippen molar-refractivity contribution in [3.63, 3.8) is 0 Å². The molecule has 0 aromatic heterocycles. The second kappa shape index (κ2) is 8.68. The zero-order valence-corrected chi connectivity index (χ0v) is 15.7. The smallest absolute Gasteiger partial charge is 0.305 e. The molecule has 9 heteroatoms. The highest BCUT2D eigenvalue weighted by Crippen LogP contribution is 2.36. The van der Waals surface area contributed by atoms with Crippen molar-refractivity contribution in [3.05, 3.63) is 35.9 Å². The maximum atomic E-state index is 11.7. The van der Waals surface area contributed by atoms with Crippen LogP contribution in [0.3, 0.4) is 0 Å². The van der Waals surface area contributed by atoms with E-state index in [0.29, 0.717) is 0 Å². The van der Waals surface area contributed by atoms with Gasteiger partial charge in [0.05, 0.1) is 6.61 Å². The number of rotatable bonds is 4. The average molecular weight is 394 g/mol. The molecule has 0 N–H and O–H groups in total. The first-order chi connectivity index (χ1) is 13.3. The van der Waals surface area contributed by atoms with Gasteiger partial charge in [-0.1, -0.05) is 30.3 Å². The largest absolute Gasteiger partial charge is 0.455 e. The third kappa shape index (κ3) is 4.67. The number of benzene rings is 1. The van der Waals surface area contributed by atoms with E-state index in [-0.39, 0.29) is 6.61 Å². The second-order valence-corrected chi connectivity index (χ2v) is 6.48. The Morgan fingerprint density at radius 3 is 2.07 bits per heavy atom. The van der Waals surface area contributed by atoms with Crippen molar-refractivity contribution in [1.29, 1.82) is 0 Å². The Bertz CT molecular complexity index is 719. The molecule has 152 valence electrons. The average Bonchev–Trinajstić information content (AvgIpc) is 2.64. The van der Waals surface area contributed by atoms with Gasteiger partial charge >= 0.3 is 17.9 Å². The molecule has 1 aromatic carbocycles. The summed E-state index contributed by atoms with van der Waals surface area (Å²) >= 11 is 0. The minimum Gasteiger partial charge on any atom is -0.455 e. The second-order valence-electron chi connectivity index (χ2n) is 6.48. The third-order valence-electron chi connectivity index (χ3n) is 4.24. The molecule has 2 aliphatic heterocycles. The number of fused-ring (bicyclic) bond motifs is 1. The van der Waals surface area contributed by atoms with Gasteiger partial charge in [-0.3, -0.25) is 14.4 Å². The van der Waals surface area contributed by atoms with Crippen LogP contribution >= 0.6 is 0 Å². The quantitative estimate of drug-likeness (QED) is 0.551. The van der Waals surface area contributed by atoms with Gasteiger partial charge in [0.25, 0.3) is 0 Å². The van der Waals surface area contributed by atoms with Gasteiger partial charge < -0.3 is 28.4 Å². The summed E-state index contributed by atoms with van der Waals surface area (Å²) in [7, 11) is 0. The summed E-state index contributed by atoms with van der Waals surface area (Å²) < 4.78 is 33.3. The number of carbonyl (C=O) groups is 3. The summed E-state index contributed by atoms with van der Waals surface area (Å²) in [5.41, 5.74) is 0.772. The Labute approximate surface area is 161 Å². The van der Waals surface area contributed by atoms with E-state index >= 15 is 0 Å². The van der Waals surface area contributed by atoms with Gasteiger partial charge in [0.15, 0.2) is 12.4 Å². The van der Waals surface area contributed by atoms with Crippen molar-refractivity contribution in [2.75, 3.05) is 6.61 Å². The Kier molecular flexibility index (Phi) is 6.28. The number of hydrogen-bond acceptors (Lipinski definition) is 9. The molecule has 3 rings (SSSR count). The number of hydrogen-bond donors (Lipinski definition) is 0. The molecule has 0 aliphatic carbocycles. The molecule has 28 heavy (non-hydrogen) atoms. The van der Waals surface area contributed by atoms with E-state index in [1.165, 1.54) is 20.8 Å². The molecular weight excluding hydrogens is 372 g/mol. The van der Waals surface area contributed by atoms with Crippen LogP contribution in [-0.2, 0) is 42.8 Å². The van der Waals surface area contributed by atoms with Gasteiger partial charge in [0.1, 0.15) is 12.2 Å². The fourth-order valence-electron chi connectivity index (χ4n) is 3.23. The lowest BCUT2D eigenvalue weighted by molar-refractivity contribution is -0.356. The fourth-order valence-corrected chi connectivity index (χ4v) is 3.23. The van der Waals surface area contributed by atoms with Crippen LogP contribution in [0.5, 0.6) is 0 Å². The van der Waals surface area contributed by atoms with E-state index in [2.05, 4.69) is 0 Å². The lowest BCUT2D eigenvalue weighted by Gasteiger charge is -2.47. The summed E-state index contributed by atoms with van der Waals surface area (Å²) in [5, 5.41) is 0. The van der Waals surface area contributed by atoms with E-state index in [1.807, 2.05) is 30.3 Å². The molecule has 0 amide bonds. The van der Waals surface area contributed by atoms with Crippen LogP contribution in [0.2, 0.25) is 0 Å². The predicted molar refractivity (Wildman–Crippen MR) is 91.5 cm³/mol. The number of esters is 3. The highest BCUT2D eigenvalue weighted by atomic mass is 16.8. The first kappa shape index (κ1) is 20.2. The monoisotopic (exact) mass is 394 g/mol. The minimum absolute atomic E-state index is 0.104. The number of carbonyl (C=O) groups excluding carboxylic acids is 3. The topological polar surface area (TPSA) is 107 Å². The van der Waals surface area contributed by atoms with Gasteiger partial charge in [-0.15, -0.1) is 0 Å². The zero-order valence-electron chi connectivity index (χ0n) is 15.7. The summed E-state index contributed by atoms with van der Waals surface area (Å²) in [5.74, 6) is -1.88. The predicted octanol–water partition coefficient (Wildman–Crippen LogP) is 1.25. The van der Waals surface area contributed by atoms with E-state index < -0.39 is 54.9 Å². The van der Waals surface area contributed by atoms with Crippen molar-refractivity contribution in [3.8, 4) is 0 Å². The Morgan fingerprint density at radius 1 is 0.857 bits per heavy atom. The molecular formula is C19H22O9. The fraction of sp³-hybridized carbons (Fsp3) is 0.526. The van der Waals surface area contributed by atoms with E-state index in [9.17, 15) is 14.4 Å². The SMILES string of the molecule is CC(=O)O[C@@H]1O[C@@H]2CO[C@H](c3ccccc3)O[C@@H]2[C@H](OC(C)=O)[C@H]1OC(C)=O. The zero-order chi connectivity index (χ0) is 20.3. The van der Waals surface area contributed by atoms with Crippen LogP contribution in [0.15, 0.2) is 30.3 Å². The first-order valence-electron chi connectivity index (χ1n) is 8.84. The minimum atomic E-state index is -1.26. The molecule has 2 heterocycles. The van der Waals surface area contributed by atoms with Crippen LogP contribution in [0, 0.1) is 0 Å². The van der Waals surface area contributed by atoms with E-state index in [0.717, 1.165) is 5.56 Å². The molecule has 1 aromatic rings. The van der Waals surface area contributed by atoms with Gasteiger partial charge in [0, 0.05) is 26.3 Å². The normalized spacial score (nSPS) is 32.0. The maximum absolute atomic E-state index is 11.7. The highest BCUT2D eigenvalue weighted by Gasteiger charge is 2.54. The molecule has 0 spiro atoms. The third-order valence-corrected chi connectivity index (χ3v) is 4.24. The molecule has 0 radical (unpaired) electrons. The molecule has 2 fully saturated rings. The van der Waals surface area contributed by atoms with Gasteiger partial charge in [-0.2, -0.15) is 0 Å². The van der Waals surface area contributed by atoms with Gasteiger partial charge in [0.2, 0.25) is 12.4 Å². The Hall–Kier alpha value is -2.49. The van der Waals surface area contributed by atoms with E-state index in [1.54, 1.807) is 0 Å². The van der Waals surface area contributed by atoms with Crippen LogP contribution in [-0.4, -0.2) is 55.2 Å². The van der Waals surface area contributed by atoms with Crippen LogP contribution in [0.1, 0.15) is 32.6 Å². The van der Waals surface area contributed by atoms with Crippen molar-refractivity contribution in [2.45, 2.75) is 57.8 Å². The van der Waals surface area contributed by atoms with Crippen LogP contribution < -0.4 is 0 Å². The molecule has 2 aliphatic rings. The first-order valence-corrected chi connectivity index (χ1v) is 8.84. The molecule has 0 saturated carbocycles. The van der Waals surface area contributed by atoms with Gasteiger partial charge in [-0.25, -0.2) is 0 Å². The van der Waals surface area contributed by atoms with Crippen molar-refractivity contribution in [1.82, 2.24) is 0 Å². The molecule has 6 atom stereocenters. The van der Waals surface area contributed by atoms with Crippen molar-refractivity contribution >= 4 is 17.9 Å². The van der Waals surface area contributed by atoms with Crippen LogP contribution in [0.25, 0.3) is 0 Å². The summed E-state index contributed by atoms with van der Waals surface area (Å²) in [6, 6.07) is 9.21. The molecule has 0 bridgehead atoms. The Balaban J connectivity index is 1.88. The standard InChI is InChI=1S/C19H22O9/c1-10(20)24-16-15-14(9-23-18(28-15)13-7-5-4-6-8-13)27-19(26-12(3)22)17(16)25-11(2)21/h4-8,14-19H,9H2,1-3H3/t14-,15+,16+,17-,18+,19-/m1/s1. The van der Waals surface area contributed by atoms with Crippen molar-refractivity contribution in [2.24, 2.45) is 0 Å². The van der Waals surface area contributed by atoms with Crippen LogP contribution in [0.4, 0.5) is 0 Å². The van der Waals surface area contributed by atoms with Crippen molar-refractivity contribution < 1.29 is 42.8 Å². The summed E-state index contributed by atoms with van der Waals surface area (Å²) in [6.07, 6.45) is -5.68. The Morgan fingerprint density at radius 2 is 1.46 bits per heavy atom. The maximum Gasteiger partial charge on any atom is 0.305 e. The molecule has 2 saturated heterocycles. The molecule has 0 unspecified atom stereocenters. The lowest BCUT2D eigenvalue weighted by Crippen LogP contribution is -2.64. The summed E-state index contributed by atoms with van der Waals surface area (Å²) in [6.45, 7) is 3.72. The summed E-state index contributed by atoms with van der Waals surface area (Å²) in [4.78, 5) is 34.8.